The largest absolute Gasteiger partial charge is 0.448 e. The van der Waals surface area contributed by atoms with E-state index in [-0.39, 0.29) is 27.5 Å². The number of rotatable bonds is 5. The standard InChI is InChI=1S/C20H22F3N3O4S/c1-12(20(21,22)23)25(2)16-5-4-14(31(3,28)29)8-15(16)17(27)26-10-13-9-19(13,11-26)18-24-6-7-30-18/h4-8,12-13H,9-11H2,1-3H3. The van der Waals surface area contributed by atoms with Gasteiger partial charge >= 0.3 is 6.18 Å². The molecule has 0 bridgehead atoms. The van der Waals surface area contributed by atoms with Gasteiger partial charge < -0.3 is 14.2 Å². The molecule has 1 aromatic heterocycles. The molecular weight excluding hydrogens is 435 g/mol. The highest BCUT2D eigenvalue weighted by atomic mass is 32.2. The van der Waals surface area contributed by atoms with Gasteiger partial charge in [0.15, 0.2) is 9.84 Å². The number of sulfone groups is 1. The SMILES string of the molecule is CC(N(C)c1ccc(S(C)(=O)=O)cc1C(=O)N1CC2CC2(c2ncco2)C1)C(F)(F)F. The van der Waals surface area contributed by atoms with Crippen LogP contribution in [-0.2, 0) is 15.3 Å². The third-order valence-corrected chi connectivity index (χ3v) is 7.46. The number of piperidine rings is 1. The van der Waals surface area contributed by atoms with E-state index < -0.39 is 28.0 Å². The lowest BCUT2D eigenvalue weighted by molar-refractivity contribution is -0.143. The van der Waals surface area contributed by atoms with Gasteiger partial charge in [0.2, 0.25) is 5.89 Å². The number of fused-ring (bicyclic) bond motifs is 1. The minimum absolute atomic E-state index is 0.0213. The van der Waals surface area contributed by atoms with Crippen LogP contribution < -0.4 is 4.90 Å². The van der Waals surface area contributed by atoms with Crippen LogP contribution in [0.4, 0.5) is 18.9 Å². The summed E-state index contributed by atoms with van der Waals surface area (Å²) in [6.07, 6.45) is 0.282. The molecule has 168 valence electrons. The number of benzene rings is 1. The number of likely N-dealkylation sites (tertiary alicyclic amines) is 1. The maximum absolute atomic E-state index is 13.4. The summed E-state index contributed by atoms with van der Waals surface area (Å²) in [6.45, 7) is 1.71. The molecule has 1 aromatic carbocycles. The average Bonchev–Trinajstić information content (AvgIpc) is 3.07. The van der Waals surface area contributed by atoms with Gasteiger partial charge in [-0.3, -0.25) is 4.79 Å². The van der Waals surface area contributed by atoms with Gasteiger partial charge in [-0.25, -0.2) is 13.4 Å². The zero-order valence-electron chi connectivity index (χ0n) is 17.2. The molecule has 7 nitrogen and oxygen atoms in total. The number of hydrogen-bond acceptors (Lipinski definition) is 6. The first-order chi connectivity index (χ1) is 14.3. The number of halogens is 3. The lowest BCUT2D eigenvalue weighted by Gasteiger charge is -2.31. The summed E-state index contributed by atoms with van der Waals surface area (Å²) in [5.41, 5.74) is -0.433. The normalized spacial score (nSPS) is 24.1. The number of nitrogens with zero attached hydrogens (tertiary/aromatic N) is 3. The first-order valence-electron chi connectivity index (χ1n) is 9.67. The molecule has 2 aromatic rings. The predicted molar refractivity (Wildman–Crippen MR) is 106 cm³/mol. The molecule has 1 saturated carbocycles. The van der Waals surface area contributed by atoms with E-state index in [1.807, 2.05) is 0 Å². The predicted octanol–water partition coefficient (Wildman–Crippen LogP) is 2.88. The highest BCUT2D eigenvalue weighted by Gasteiger charge is 2.64. The molecule has 1 aliphatic carbocycles. The van der Waals surface area contributed by atoms with Crippen molar-refractivity contribution in [2.45, 2.75) is 35.9 Å². The molecule has 2 heterocycles. The van der Waals surface area contributed by atoms with E-state index in [0.717, 1.165) is 30.6 Å². The summed E-state index contributed by atoms with van der Waals surface area (Å²) >= 11 is 0. The van der Waals surface area contributed by atoms with Crippen molar-refractivity contribution in [2.75, 3.05) is 31.3 Å². The number of anilines is 1. The monoisotopic (exact) mass is 457 g/mol. The fourth-order valence-electron chi connectivity index (χ4n) is 4.26. The maximum Gasteiger partial charge on any atom is 0.408 e. The Bertz CT molecular complexity index is 1120. The molecule has 0 N–H and O–H groups in total. The Labute approximate surface area is 177 Å². The van der Waals surface area contributed by atoms with Crippen molar-refractivity contribution >= 4 is 21.4 Å². The van der Waals surface area contributed by atoms with Crippen LogP contribution in [0.15, 0.2) is 40.0 Å². The van der Waals surface area contributed by atoms with Crippen molar-refractivity contribution < 1.29 is 30.8 Å². The van der Waals surface area contributed by atoms with Crippen LogP contribution in [0.1, 0.15) is 29.6 Å². The van der Waals surface area contributed by atoms with Crippen molar-refractivity contribution in [2.24, 2.45) is 5.92 Å². The Kier molecular flexibility index (Phi) is 4.87. The maximum atomic E-state index is 13.4. The van der Waals surface area contributed by atoms with Gasteiger partial charge in [-0.15, -0.1) is 0 Å². The van der Waals surface area contributed by atoms with Gasteiger partial charge in [0.05, 0.1) is 22.1 Å². The summed E-state index contributed by atoms with van der Waals surface area (Å²) in [4.78, 5) is 19.9. The van der Waals surface area contributed by atoms with Crippen LogP contribution >= 0.6 is 0 Å². The van der Waals surface area contributed by atoms with Crippen LogP contribution in [0, 0.1) is 5.92 Å². The van der Waals surface area contributed by atoms with E-state index in [4.69, 9.17) is 4.42 Å². The smallest absolute Gasteiger partial charge is 0.408 e. The molecule has 31 heavy (non-hydrogen) atoms. The Morgan fingerprint density at radius 2 is 2.10 bits per heavy atom. The van der Waals surface area contributed by atoms with Crippen molar-refractivity contribution in [3.63, 3.8) is 0 Å². The van der Waals surface area contributed by atoms with Gasteiger partial charge in [-0.2, -0.15) is 13.2 Å². The number of hydrogen-bond donors (Lipinski definition) is 0. The second-order valence-electron chi connectivity index (χ2n) is 8.36. The lowest BCUT2D eigenvalue weighted by atomic mass is 10.1. The molecule has 2 aliphatic rings. The van der Waals surface area contributed by atoms with Gasteiger partial charge in [0.25, 0.3) is 5.91 Å². The second-order valence-corrected chi connectivity index (χ2v) is 10.4. The van der Waals surface area contributed by atoms with Crippen LogP contribution in [0.5, 0.6) is 0 Å². The fourth-order valence-corrected chi connectivity index (χ4v) is 4.91. The Morgan fingerprint density at radius 3 is 2.68 bits per heavy atom. The number of aromatic nitrogens is 1. The average molecular weight is 457 g/mol. The highest BCUT2D eigenvalue weighted by Crippen LogP contribution is 2.58. The molecule has 2 fully saturated rings. The second kappa shape index (κ2) is 6.98. The molecule has 1 aliphatic heterocycles. The van der Waals surface area contributed by atoms with Crippen LogP contribution in [0.2, 0.25) is 0 Å². The summed E-state index contributed by atoms with van der Waals surface area (Å²) in [6, 6.07) is 1.77. The molecule has 4 rings (SSSR count). The molecule has 1 saturated heterocycles. The summed E-state index contributed by atoms with van der Waals surface area (Å²) in [5.74, 6) is 0.184. The summed E-state index contributed by atoms with van der Waals surface area (Å²) < 4.78 is 69.4. The third kappa shape index (κ3) is 3.68. The first-order valence-corrected chi connectivity index (χ1v) is 11.6. The molecule has 1 amide bonds. The minimum atomic E-state index is -4.52. The van der Waals surface area contributed by atoms with E-state index in [1.165, 1.54) is 36.5 Å². The number of alkyl halides is 3. The van der Waals surface area contributed by atoms with Crippen LogP contribution in [-0.4, -0.2) is 62.8 Å². The third-order valence-electron chi connectivity index (χ3n) is 6.35. The van der Waals surface area contributed by atoms with E-state index in [1.54, 1.807) is 0 Å². The Hall–Kier alpha value is -2.56. The number of carbonyl (C=O) groups excluding carboxylic acids is 1. The topological polar surface area (TPSA) is 83.7 Å². The van der Waals surface area contributed by atoms with Crippen LogP contribution in [0.3, 0.4) is 0 Å². The van der Waals surface area contributed by atoms with Gasteiger partial charge in [0, 0.05) is 32.1 Å². The molecular formula is C20H22F3N3O4S. The van der Waals surface area contributed by atoms with Crippen molar-refractivity contribution in [3.8, 4) is 0 Å². The van der Waals surface area contributed by atoms with Gasteiger partial charge in [-0.1, -0.05) is 0 Å². The molecule has 11 heteroatoms. The fraction of sp³-hybridized carbons (Fsp3) is 0.500. The zero-order valence-corrected chi connectivity index (χ0v) is 18.0. The molecule has 3 atom stereocenters. The quantitative estimate of drug-likeness (QED) is 0.687. The molecule has 3 unspecified atom stereocenters. The zero-order chi connectivity index (χ0) is 22.8. The van der Waals surface area contributed by atoms with E-state index >= 15 is 0 Å². The molecule has 0 radical (unpaired) electrons. The summed E-state index contributed by atoms with van der Waals surface area (Å²) in [5, 5.41) is 0. The summed E-state index contributed by atoms with van der Waals surface area (Å²) in [7, 11) is -2.42. The number of carbonyl (C=O) groups is 1. The highest BCUT2D eigenvalue weighted by molar-refractivity contribution is 7.90. The van der Waals surface area contributed by atoms with Gasteiger partial charge in [0.1, 0.15) is 12.3 Å². The Balaban J connectivity index is 1.70. The molecule has 0 spiro atoms. The Morgan fingerprint density at radius 1 is 1.39 bits per heavy atom. The first kappa shape index (κ1) is 21.7. The van der Waals surface area contributed by atoms with Crippen LogP contribution in [0.25, 0.3) is 0 Å². The van der Waals surface area contributed by atoms with E-state index in [9.17, 15) is 26.4 Å². The van der Waals surface area contributed by atoms with Crippen molar-refractivity contribution in [1.82, 2.24) is 9.88 Å². The van der Waals surface area contributed by atoms with E-state index in [0.29, 0.717) is 19.0 Å². The van der Waals surface area contributed by atoms with Crippen molar-refractivity contribution in [1.29, 1.82) is 0 Å². The number of oxazole rings is 1. The van der Waals surface area contributed by atoms with Gasteiger partial charge in [-0.05, 0) is 37.5 Å². The lowest BCUT2D eigenvalue weighted by Crippen LogP contribution is -2.42. The van der Waals surface area contributed by atoms with E-state index in [2.05, 4.69) is 4.98 Å². The number of amides is 1. The van der Waals surface area contributed by atoms with Crippen molar-refractivity contribution in [3.05, 3.63) is 42.1 Å². The minimum Gasteiger partial charge on any atom is -0.448 e.